The second-order valence-corrected chi connectivity index (χ2v) is 5.09. The highest BCUT2D eigenvalue weighted by Crippen LogP contribution is 2.36. The first-order valence-corrected chi connectivity index (χ1v) is 6.84. The maximum atomic E-state index is 5.59. The van der Waals surface area contributed by atoms with Gasteiger partial charge in [-0.2, -0.15) is 4.98 Å². The highest BCUT2D eigenvalue weighted by atomic mass is 16.5. The number of nitrogens with two attached hydrogens (primary N) is 1. The van der Waals surface area contributed by atoms with E-state index in [0.717, 1.165) is 18.2 Å². The van der Waals surface area contributed by atoms with Crippen LogP contribution in [0.1, 0.15) is 62.8 Å². The monoisotopic (exact) mass is 253 g/mol. The van der Waals surface area contributed by atoms with Gasteiger partial charge < -0.3 is 15.0 Å². The molecular formula is C13H23N3O2. The third kappa shape index (κ3) is 2.90. The first-order chi connectivity index (χ1) is 8.78. The largest absolute Gasteiger partial charge is 0.370 e. The van der Waals surface area contributed by atoms with Crippen LogP contribution in [0.25, 0.3) is 0 Å². The lowest BCUT2D eigenvalue weighted by atomic mass is 9.80. The van der Waals surface area contributed by atoms with Crippen molar-refractivity contribution in [3.63, 3.8) is 0 Å². The Labute approximate surface area is 108 Å². The Balaban J connectivity index is 2.05. The van der Waals surface area contributed by atoms with E-state index in [0.29, 0.717) is 18.4 Å². The summed E-state index contributed by atoms with van der Waals surface area (Å²) < 4.78 is 10.5. The van der Waals surface area contributed by atoms with Gasteiger partial charge in [-0.25, -0.2) is 0 Å². The van der Waals surface area contributed by atoms with Crippen molar-refractivity contribution in [2.45, 2.75) is 51.0 Å². The molecular weight excluding hydrogens is 230 g/mol. The van der Waals surface area contributed by atoms with Crippen LogP contribution in [0, 0.1) is 5.92 Å². The Bertz CT molecular complexity index is 363. The summed E-state index contributed by atoms with van der Waals surface area (Å²) in [5.41, 5.74) is 5.59. The van der Waals surface area contributed by atoms with Crippen LogP contribution in [0.5, 0.6) is 0 Å². The van der Waals surface area contributed by atoms with Crippen LogP contribution >= 0.6 is 0 Å². The fraction of sp³-hybridized carbons (Fsp3) is 0.846. The number of rotatable bonds is 5. The Hall–Kier alpha value is -0.940. The van der Waals surface area contributed by atoms with E-state index in [1.165, 1.54) is 25.7 Å². The van der Waals surface area contributed by atoms with Crippen molar-refractivity contribution >= 4 is 0 Å². The molecule has 0 spiro atoms. The Morgan fingerprint density at radius 2 is 2.33 bits per heavy atom. The van der Waals surface area contributed by atoms with Crippen molar-refractivity contribution in [1.29, 1.82) is 0 Å². The smallest absolute Gasteiger partial charge is 0.257 e. The molecule has 1 aromatic rings. The molecule has 3 unspecified atom stereocenters. The summed E-state index contributed by atoms with van der Waals surface area (Å²) >= 11 is 0. The molecule has 0 aliphatic heterocycles. The van der Waals surface area contributed by atoms with Gasteiger partial charge in [0.2, 0.25) is 0 Å². The van der Waals surface area contributed by atoms with Gasteiger partial charge in [0.05, 0.1) is 0 Å². The second kappa shape index (κ2) is 6.29. The molecule has 0 aromatic carbocycles. The van der Waals surface area contributed by atoms with Gasteiger partial charge in [-0.1, -0.05) is 31.3 Å². The SMILES string of the molecule is CCC1CCCC(c2noc(C(CN)OC)n2)C1. The van der Waals surface area contributed by atoms with Crippen molar-refractivity contribution in [2.75, 3.05) is 13.7 Å². The molecule has 3 atom stereocenters. The first kappa shape index (κ1) is 13.5. The molecule has 0 bridgehead atoms. The van der Waals surface area contributed by atoms with E-state index < -0.39 is 0 Å². The fourth-order valence-electron chi connectivity index (χ4n) is 2.74. The molecule has 1 saturated carbocycles. The van der Waals surface area contributed by atoms with Crippen molar-refractivity contribution in [3.05, 3.63) is 11.7 Å². The molecule has 0 saturated heterocycles. The number of ether oxygens (including phenoxy) is 1. The van der Waals surface area contributed by atoms with Crippen molar-refractivity contribution < 1.29 is 9.26 Å². The molecule has 2 rings (SSSR count). The first-order valence-electron chi connectivity index (χ1n) is 6.84. The number of methoxy groups -OCH3 is 1. The van der Waals surface area contributed by atoms with E-state index in [9.17, 15) is 0 Å². The normalized spacial score (nSPS) is 26.2. The van der Waals surface area contributed by atoms with Crippen molar-refractivity contribution in [3.8, 4) is 0 Å². The number of hydrogen-bond acceptors (Lipinski definition) is 5. The third-order valence-corrected chi connectivity index (χ3v) is 3.96. The topological polar surface area (TPSA) is 74.2 Å². The van der Waals surface area contributed by atoms with Gasteiger partial charge in [0.1, 0.15) is 6.10 Å². The highest BCUT2D eigenvalue weighted by molar-refractivity contribution is 4.99. The van der Waals surface area contributed by atoms with Gasteiger partial charge in [-0.15, -0.1) is 0 Å². The maximum Gasteiger partial charge on any atom is 0.257 e. The molecule has 0 amide bonds. The van der Waals surface area contributed by atoms with Crippen LogP contribution in [0.2, 0.25) is 0 Å². The molecule has 1 fully saturated rings. The average Bonchev–Trinajstić information content (AvgIpc) is 2.90. The molecule has 1 aromatic heterocycles. The summed E-state index contributed by atoms with van der Waals surface area (Å²) in [4.78, 5) is 4.46. The summed E-state index contributed by atoms with van der Waals surface area (Å²) in [6.45, 7) is 2.62. The minimum absolute atomic E-state index is 0.281. The zero-order valence-electron chi connectivity index (χ0n) is 11.3. The predicted octanol–water partition coefficient (Wildman–Crippen LogP) is 2.40. The van der Waals surface area contributed by atoms with Gasteiger partial charge in [0.15, 0.2) is 5.82 Å². The summed E-state index contributed by atoms with van der Waals surface area (Å²) in [7, 11) is 1.61. The summed E-state index contributed by atoms with van der Waals surface area (Å²) in [6.07, 6.45) is 5.89. The van der Waals surface area contributed by atoms with E-state index >= 15 is 0 Å². The zero-order chi connectivity index (χ0) is 13.0. The lowest BCUT2D eigenvalue weighted by molar-refractivity contribution is 0.0803. The average molecular weight is 253 g/mol. The van der Waals surface area contributed by atoms with Crippen LogP contribution in [0.4, 0.5) is 0 Å². The molecule has 2 N–H and O–H groups in total. The van der Waals surface area contributed by atoms with E-state index in [1.54, 1.807) is 7.11 Å². The van der Waals surface area contributed by atoms with Crippen LogP contribution in [0.3, 0.4) is 0 Å². The lowest BCUT2D eigenvalue weighted by Gasteiger charge is -2.26. The molecule has 18 heavy (non-hydrogen) atoms. The van der Waals surface area contributed by atoms with E-state index in [-0.39, 0.29) is 6.10 Å². The number of hydrogen-bond donors (Lipinski definition) is 1. The van der Waals surface area contributed by atoms with Crippen LogP contribution in [-0.4, -0.2) is 23.8 Å². The van der Waals surface area contributed by atoms with Gasteiger partial charge >= 0.3 is 0 Å². The summed E-state index contributed by atoms with van der Waals surface area (Å²) in [5, 5.41) is 4.10. The van der Waals surface area contributed by atoms with Gasteiger partial charge in [-0.05, 0) is 18.8 Å². The maximum absolute atomic E-state index is 5.59. The van der Waals surface area contributed by atoms with E-state index in [1.807, 2.05) is 0 Å². The van der Waals surface area contributed by atoms with Crippen LogP contribution < -0.4 is 5.73 Å². The number of nitrogens with zero attached hydrogens (tertiary/aromatic N) is 2. The molecule has 1 aliphatic rings. The fourth-order valence-corrected chi connectivity index (χ4v) is 2.74. The highest BCUT2D eigenvalue weighted by Gasteiger charge is 2.27. The molecule has 1 aliphatic carbocycles. The lowest BCUT2D eigenvalue weighted by Crippen LogP contribution is -2.16. The Kier molecular flexibility index (Phi) is 4.72. The molecule has 5 nitrogen and oxygen atoms in total. The third-order valence-electron chi connectivity index (χ3n) is 3.96. The predicted molar refractivity (Wildman–Crippen MR) is 68.1 cm³/mol. The Morgan fingerprint density at radius 3 is 3.00 bits per heavy atom. The van der Waals surface area contributed by atoms with Gasteiger partial charge in [-0.3, -0.25) is 0 Å². The van der Waals surface area contributed by atoms with E-state index in [2.05, 4.69) is 17.1 Å². The minimum atomic E-state index is -0.281. The quantitative estimate of drug-likeness (QED) is 0.872. The standard InChI is InChI=1S/C13H23N3O2/c1-3-9-5-4-6-10(7-9)12-15-13(18-16-12)11(8-14)17-2/h9-11H,3-8,14H2,1-2H3. The molecule has 102 valence electrons. The Morgan fingerprint density at radius 1 is 1.50 bits per heavy atom. The van der Waals surface area contributed by atoms with Crippen molar-refractivity contribution in [2.24, 2.45) is 11.7 Å². The zero-order valence-corrected chi connectivity index (χ0v) is 11.3. The summed E-state index contributed by atoms with van der Waals surface area (Å²) in [5.74, 6) is 2.59. The second-order valence-electron chi connectivity index (χ2n) is 5.09. The van der Waals surface area contributed by atoms with E-state index in [4.69, 9.17) is 15.0 Å². The van der Waals surface area contributed by atoms with Crippen molar-refractivity contribution in [1.82, 2.24) is 10.1 Å². The van der Waals surface area contributed by atoms with Crippen LogP contribution in [-0.2, 0) is 4.74 Å². The molecule has 1 heterocycles. The number of aromatic nitrogens is 2. The minimum Gasteiger partial charge on any atom is -0.370 e. The van der Waals surface area contributed by atoms with Gasteiger partial charge in [0, 0.05) is 19.6 Å². The molecule has 5 heteroatoms. The van der Waals surface area contributed by atoms with Crippen LogP contribution in [0.15, 0.2) is 4.52 Å². The van der Waals surface area contributed by atoms with Gasteiger partial charge in [0.25, 0.3) is 5.89 Å². The summed E-state index contributed by atoms with van der Waals surface area (Å²) in [6, 6.07) is 0. The molecule has 0 radical (unpaired) electrons.